The fourth-order valence-corrected chi connectivity index (χ4v) is 3.01. The predicted octanol–water partition coefficient (Wildman–Crippen LogP) is 0.349. The minimum atomic E-state index is -0.480. The third-order valence-electron chi connectivity index (χ3n) is 4.35. The normalized spacial score (nSPS) is 23.3. The maximum atomic E-state index is 12.1. The van der Waals surface area contributed by atoms with Crippen molar-refractivity contribution in [3.63, 3.8) is 0 Å². The van der Waals surface area contributed by atoms with E-state index in [1.807, 2.05) is 4.90 Å². The number of aliphatic hydroxyl groups excluding tert-OH is 1. The van der Waals surface area contributed by atoms with Crippen molar-refractivity contribution in [3.8, 4) is 5.75 Å². The van der Waals surface area contributed by atoms with Crippen LogP contribution in [-0.2, 0) is 9.59 Å². The number of nitrogens with zero attached hydrogens (tertiary/aromatic N) is 1. The van der Waals surface area contributed by atoms with E-state index in [0.717, 1.165) is 25.9 Å². The number of ether oxygens (including phenoxy) is 1. The lowest BCUT2D eigenvalue weighted by Gasteiger charge is -2.16. The van der Waals surface area contributed by atoms with E-state index in [2.05, 4.69) is 10.6 Å². The molecule has 0 saturated carbocycles. The van der Waals surface area contributed by atoms with Crippen molar-refractivity contribution in [2.75, 3.05) is 31.6 Å². The van der Waals surface area contributed by atoms with Gasteiger partial charge in [-0.05, 0) is 31.4 Å². The highest BCUT2D eigenvalue weighted by atomic mass is 16.5. The number of carbonyl (C=O) groups excluding carboxylic acids is 2. The van der Waals surface area contributed by atoms with Crippen molar-refractivity contribution >= 4 is 17.5 Å². The minimum Gasteiger partial charge on any atom is -0.484 e. The molecule has 2 saturated heterocycles. The summed E-state index contributed by atoms with van der Waals surface area (Å²) in [5.41, 5.74) is 0.606. The molecule has 2 aliphatic heterocycles. The molecule has 7 nitrogen and oxygen atoms in total. The second-order valence-electron chi connectivity index (χ2n) is 6.24. The van der Waals surface area contributed by atoms with Crippen LogP contribution >= 0.6 is 0 Å². The first-order chi connectivity index (χ1) is 11.6. The van der Waals surface area contributed by atoms with Crippen LogP contribution in [0.25, 0.3) is 0 Å². The summed E-state index contributed by atoms with van der Waals surface area (Å²) in [7, 11) is 0. The van der Waals surface area contributed by atoms with E-state index in [4.69, 9.17) is 4.74 Å². The molecule has 1 aromatic carbocycles. The van der Waals surface area contributed by atoms with E-state index >= 15 is 0 Å². The molecule has 2 heterocycles. The van der Waals surface area contributed by atoms with Crippen LogP contribution in [0.15, 0.2) is 24.3 Å². The van der Waals surface area contributed by atoms with Crippen LogP contribution in [0.5, 0.6) is 5.75 Å². The van der Waals surface area contributed by atoms with Gasteiger partial charge in [0.05, 0.1) is 12.1 Å². The number of likely N-dealkylation sites (tertiary alicyclic amines) is 1. The lowest BCUT2D eigenvalue weighted by atomic mass is 10.2. The Morgan fingerprint density at radius 2 is 2.12 bits per heavy atom. The third kappa shape index (κ3) is 4.24. The Balaban J connectivity index is 1.52. The summed E-state index contributed by atoms with van der Waals surface area (Å²) in [6, 6.07) is 6.59. The van der Waals surface area contributed by atoms with Gasteiger partial charge in [-0.15, -0.1) is 0 Å². The molecule has 2 atom stereocenters. The van der Waals surface area contributed by atoms with E-state index in [1.54, 1.807) is 24.3 Å². The molecule has 130 valence electrons. The van der Waals surface area contributed by atoms with Gasteiger partial charge in [-0.1, -0.05) is 6.07 Å². The van der Waals surface area contributed by atoms with Crippen LogP contribution in [0, 0.1) is 0 Å². The standard InChI is InChI=1S/C17H23N3O4/c21-13-9-15(18-10-13)17(23)19-12-4-3-5-14(8-12)24-11-16(22)20-6-1-2-7-20/h3-5,8,13,15,18,21H,1-2,6-7,9-11H2,(H,19,23). The highest BCUT2D eigenvalue weighted by Crippen LogP contribution is 2.19. The summed E-state index contributed by atoms with van der Waals surface area (Å²) in [6.07, 6.45) is 2.03. The number of amides is 2. The number of carbonyl (C=O) groups is 2. The van der Waals surface area contributed by atoms with Gasteiger partial charge in [0.2, 0.25) is 5.91 Å². The second-order valence-corrected chi connectivity index (χ2v) is 6.24. The fraction of sp³-hybridized carbons (Fsp3) is 0.529. The highest BCUT2D eigenvalue weighted by molar-refractivity contribution is 5.95. The van der Waals surface area contributed by atoms with Crippen molar-refractivity contribution < 1.29 is 19.4 Å². The summed E-state index contributed by atoms with van der Waals surface area (Å²) >= 11 is 0. The summed E-state index contributed by atoms with van der Waals surface area (Å²) in [5.74, 6) is 0.350. The zero-order valence-corrected chi connectivity index (χ0v) is 13.5. The van der Waals surface area contributed by atoms with Gasteiger partial charge in [-0.25, -0.2) is 0 Å². The summed E-state index contributed by atoms with van der Waals surface area (Å²) in [4.78, 5) is 25.9. The van der Waals surface area contributed by atoms with E-state index < -0.39 is 6.10 Å². The Kier molecular flexibility index (Phi) is 5.32. The number of anilines is 1. The number of nitrogens with one attached hydrogen (secondary N) is 2. The molecule has 1 aromatic rings. The Bertz CT molecular complexity index is 601. The summed E-state index contributed by atoms with van der Waals surface area (Å²) < 4.78 is 5.55. The molecule has 2 fully saturated rings. The molecule has 24 heavy (non-hydrogen) atoms. The van der Waals surface area contributed by atoms with Crippen LogP contribution in [-0.4, -0.2) is 60.2 Å². The minimum absolute atomic E-state index is 0.00771. The Morgan fingerprint density at radius 1 is 1.33 bits per heavy atom. The highest BCUT2D eigenvalue weighted by Gasteiger charge is 2.28. The number of hydrogen-bond acceptors (Lipinski definition) is 5. The molecule has 0 aromatic heterocycles. The molecule has 3 rings (SSSR count). The first-order valence-corrected chi connectivity index (χ1v) is 8.35. The van der Waals surface area contributed by atoms with Crippen molar-refractivity contribution in [2.24, 2.45) is 0 Å². The van der Waals surface area contributed by atoms with Crippen molar-refractivity contribution in [2.45, 2.75) is 31.4 Å². The van der Waals surface area contributed by atoms with Gasteiger partial charge in [0.25, 0.3) is 5.91 Å². The van der Waals surface area contributed by atoms with Gasteiger partial charge >= 0.3 is 0 Å². The van der Waals surface area contributed by atoms with Gasteiger partial charge in [0.1, 0.15) is 5.75 Å². The van der Waals surface area contributed by atoms with Gasteiger partial charge in [-0.2, -0.15) is 0 Å². The molecule has 7 heteroatoms. The summed E-state index contributed by atoms with van der Waals surface area (Å²) in [5, 5.41) is 15.2. The van der Waals surface area contributed by atoms with Gasteiger partial charge in [-0.3, -0.25) is 9.59 Å². The molecule has 3 N–H and O–H groups in total. The van der Waals surface area contributed by atoms with E-state index in [9.17, 15) is 14.7 Å². The maximum absolute atomic E-state index is 12.1. The molecule has 2 unspecified atom stereocenters. The second kappa shape index (κ2) is 7.63. The van der Waals surface area contributed by atoms with Crippen molar-refractivity contribution in [1.29, 1.82) is 0 Å². The SMILES string of the molecule is O=C(Nc1cccc(OCC(=O)N2CCCC2)c1)C1CC(O)CN1. The summed E-state index contributed by atoms with van der Waals surface area (Å²) in [6.45, 7) is 2.05. The quantitative estimate of drug-likeness (QED) is 0.723. The lowest BCUT2D eigenvalue weighted by Crippen LogP contribution is -2.35. The molecule has 0 radical (unpaired) electrons. The zero-order chi connectivity index (χ0) is 16.9. The predicted molar refractivity (Wildman–Crippen MR) is 88.8 cm³/mol. The lowest BCUT2D eigenvalue weighted by molar-refractivity contribution is -0.132. The van der Waals surface area contributed by atoms with Gasteiger partial charge in [0.15, 0.2) is 6.61 Å². The van der Waals surface area contributed by atoms with Crippen LogP contribution < -0.4 is 15.4 Å². The number of rotatable bonds is 5. The molecule has 2 amide bonds. The molecule has 2 aliphatic rings. The van der Waals surface area contributed by atoms with Crippen molar-refractivity contribution in [1.82, 2.24) is 10.2 Å². The van der Waals surface area contributed by atoms with Crippen LogP contribution in [0.4, 0.5) is 5.69 Å². The van der Waals surface area contributed by atoms with E-state index in [0.29, 0.717) is 24.4 Å². The largest absolute Gasteiger partial charge is 0.484 e. The monoisotopic (exact) mass is 333 g/mol. The molecule has 0 aliphatic carbocycles. The maximum Gasteiger partial charge on any atom is 0.260 e. The van der Waals surface area contributed by atoms with Crippen LogP contribution in [0.2, 0.25) is 0 Å². The van der Waals surface area contributed by atoms with E-state index in [-0.39, 0.29) is 24.5 Å². The molecule has 0 spiro atoms. The Morgan fingerprint density at radius 3 is 2.83 bits per heavy atom. The van der Waals surface area contributed by atoms with Crippen LogP contribution in [0.3, 0.4) is 0 Å². The Labute approximate surface area is 141 Å². The smallest absolute Gasteiger partial charge is 0.260 e. The number of hydrogen-bond donors (Lipinski definition) is 3. The molecular weight excluding hydrogens is 310 g/mol. The molecular formula is C17H23N3O4. The zero-order valence-electron chi connectivity index (χ0n) is 13.5. The van der Waals surface area contributed by atoms with Gasteiger partial charge < -0.3 is 25.4 Å². The molecule has 0 bridgehead atoms. The fourth-order valence-electron chi connectivity index (χ4n) is 3.01. The third-order valence-corrected chi connectivity index (χ3v) is 4.35. The average Bonchev–Trinajstić information content (AvgIpc) is 3.24. The van der Waals surface area contributed by atoms with E-state index in [1.165, 1.54) is 0 Å². The number of benzene rings is 1. The average molecular weight is 333 g/mol. The van der Waals surface area contributed by atoms with Crippen LogP contribution in [0.1, 0.15) is 19.3 Å². The topological polar surface area (TPSA) is 90.9 Å². The Hall–Kier alpha value is -2.12. The number of β-amino-alcohol motifs (C(OH)–C–C–N with tert-alkyl or cyclic N) is 1. The number of aliphatic hydroxyl groups is 1. The first kappa shape index (κ1) is 16.7. The van der Waals surface area contributed by atoms with Crippen molar-refractivity contribution in [3.05, 3.63) is 24.3 Å². The first-order valence-electron chi connectivity index (χ1n) is 8.35. The van der Waals surface area contributed by atoms with Gasteiger partial charge in [0, 0.05) is 31.4 Å².